The fraction of sp³-hybridized carbons (Fsp3) is 0.150. The molecule has 3 aromatic carbocycles. The van der Waals surface area contributed by atoms with Crippen molar-refractivity contribution in [1.82, 2.24) is 0 Å². The van der Waals surface area contributed by atoms with Crippen LogP contribution in [0.4, 0.5) is 5.69 Å². The van der Waals surface area contributed by atoms with Crippen LogP contribution in [0.1, 0.15) is 6.92 Å². The van der Waals surface area contributed by atoms with Crippen LogP contribution in [0.25, 0.3) is 10.8 Å². The molecule has 0 aliphatic carbocycles. The van der Waals surface area contributed by atoms with E-state index < -0.39 is 6.10 Å². The molecule has 0 aromatic heterocycles. The van der Waals surface area contributed by atoms with Crippen molar-refractivity contribution in [3.8, 4) is 11.5 Å². The van der Waals surface area contributed by atoms with E-state index in [1.54, 1.807) is 26.2 Å². The summed E-state index contributed by atoms with van der Waals surface area (Å²) in [5.41, 5.74) is 0.745. The van der Waals surface area contributed by atoms with Crippen molar-refractivity contribution in [3.63, 3.8) is 0 Å². The molecular formula is C20H19NO3. The van der Waals surface area contributed by atoms with Gasteiger partial charge in [-0.25, -0.2) is 0 Å². The summed E-state index contributed by atoms with van der Waals surface area (Å²) < 4.78 is 11.0. The van der Waals surface area contributed by atoms with Crippen molar-refractivity contribution in [3.05, 3.63) is 66.7 Å². The number of nitrogens with one attached hydrogen (secondary N) is 1. The van der Waals surface area contributed by atoms with Crippen molar-refractivity contribution in [1.29, 1.82) is 0 Å². The Morgan fingerprint density at radius 2 is 1.58 bits per heavy atom. The molecule has 3 aromatic rings. The fourth-order valence-corrected chi connectivity index (χ4v) is 2.47. The molecule has 0 bridgehead atoms. The number of ether oxygens (including phenoxy) is 2. The Hall–Kier alpha value is -3.01. The molecule has 0 radical (unpaired) electrons. The van der Waals surface area contributed by atoms with Gasteiger partial charge >= 0.3 is 0 Å². The second-order valence-corrected chi connectivity index (χ2v) is 5.46. The highest BCUT2D eigenvalue weighted by atomic mass is 16.5. The van der Waals surface area contributed by atoms with E-state index in [0.717, 1.165) is 16.5 Å². The number of para-hydroxylation sites is 2. The van der Waals surface area contributed by atoms with E-state index in [0.29, 0.717) is 11.5 Å². The monoisotopic (exact) mass is 321 g/mol. The van der Waals surface area contributed by atoms with Gasteiger partial charge in [0.25, 0.3) is 5.91 Å². The highest BCUT2D eigenvalue weighted by Crippen LogP contribution is 2.27. The summed E-state index contributed by atoms with van der Waals surface area (Å²) in [7, 11) is 1.57. The van der Waals surface area contributed by atoms with Crippen LogP contribution in [0, 0.1) is 0 Å². The second-order valence-electron chi connectivity index (χ2n) is 5.46. The van der Waals surface area contributed by atoms with Gasteiger partial charge in [-0.2, -0.15) is 0 Å². The van der Waals surface area contributed by atoms with Crippen molar-refractivity contribution in [2.24, 2.45) is 0 Å². The molecule has 3 rings (SSSR count). The van der Waals surface area contributed by atoms with E-state index in [9.17, 15) is 4.79 Å². The van der Waals surface area contributed by atoms with Gasteiger partial charge < -0.3 is 14.8 Å². The third-order valence-electron chi connectivity index (χ3n) is 3.76. The molecule has 1 atom stereocenters. The van der Waals surface area contributed by atoms with E-state index in [-0.39, 0.29) is 5.91 Å². The lowest BCUT2D eigenvalue weighted by atomic mass is 10.1. The molecule has 0 heterocycles. The highest BCUT2D eigenvalue weighted by molar-refractivity contribution is 5.96. The fourth-order valence-electron chi connectivity index (χ4n) is 2.47. The van der Waals surface area contributed by atoms with Crippen molar-refractivity contribution < 1.29 is 14.3 Å². The van der Waals surface area contributed by atoms with Gasteiger partial charge in [-0.1, -0.05) is 42.5 Å². The smallest absolute Gasteiger partial charge is 0.265 e. The summed E-state index contributed by atoms with van der Waals surface area (Å²) in [4.78, 5) is 12.4. The van der Waals surface area contributed by atoms with Gasteiger partial charge in [0.15, 0.2) is 17.6 Å². The van der Waals surface area contributed by atoms with Gasteiger partial charge in [0, 0.05) is 5.69 Å². The van der Waals surface area contributed by atoms with Crippen LogP contribution in [0.15, 0.2) is 66.7 Å². The summed E-state index contributed by atoms with van der Waals surface area (Å²) in [6.45, 7) is 1.71. The zero-order chi connectivity index (χ0) is 16.9. The molecular weight excluding hydrogens is 302 g/mol. The van der Waals surface area contributed by atoms with Crippen LogP contribution in [0.2, 0.25) is 0 Å². The Morgan fingerprint density at radius 3 is 2.33 bits per heavy atom. The Kier molecular flexibility index (Phi) is 4.66. The van der Waals surface area contributed by atoms with Crippen molar-refractivity contribution in [2.45, 2.75) is 13.0 Å². The first kappa shape index (κ1) is 15.9. The standard InChI is InChI=1S/C20H19NO3/c1-14(24-19-10-6-5-9-18(19)23-2)20(22)21-17-12-11-15-7-3-4-8-16(15)13-17/h3-14H,1-2H3,(H,21,22)/t14-/m0/s1. The van der Waals surface area contributed by atoms with Crippen LogP contribution in [-0.2, 0) is 4.79 Å². The number of carbonyl (C=O) groups is 1. The van der Waals surface area contributed by atoms with E-state index in [2.05, 4.69) is 5.32 Å². The lowest BCUT2D eigenvalue weighted by Crippen LogP contribution is -2.30. The van der Waals surface area contributed by atoms with Gasteiger partial charge in [0.1, 0.15) is 0 Å². The SMILES string of the molecule is COc1ccccc1O[C@@H](C)C(=O)Nc1ccc2ccccc2c1. The van der Waals surface area contributed by atoms with Crippen LogP contribution in [0.3, 0.4) is 0 Å². The number of methoxy groups -OCH3 is 1. The molecule has 0 fully saturated rings. The molecule has 0 saturated carbocycles. The Balaban J connectivity index is 1.71. The van der Waals surface area contributed by atoms with Gasteiger partial charge in [0.05, 0.1) is 7.11 Å². The maximum absolute atomic E-state index is 12.4. The third-order valence-corrected chi connectivity index (χ3v) is 3.76. The number of fused-ring (bicyclic) bond motifs is 1. The number of hydrogen-bond donors (Lipinski definition) is 1. The Morgan fingerprint density at radius 1 is 0.917 bits per heavy atom. The van der Waals surface area contributed by atoms with Crippen molar-refractivity contribution in [2.75, 3.05) is 12.4 Å². The summed E-state index contributed by atoms with van der Waals surface area (Å²) in [5, 5.41) is 5.10. The molecule has 0 saturated heterocycles. The number of benzene rings is 3. The highest BCUT2D eigenvalue weighted by Gasteiger charge is 2.16. The summed E-state index contributed by atoms with van der Waals surface area (Å²) in [6, 6.07) is 21.1. The van der Waals surface area contributed by atoms with Gasteiger partial charge in [-0.3, -0.25) is 4.79 Å². The lowest BCUT2D eigenvalue weighted by Gasteiger charge is -2.16. The molecule has 4 nitrogen and oxygen atoms in total. The number of rotatable bonds is 5. The third kappa shape index (κ3) is 3.49. The minimum absolute atomic E-state index is 0.212. The molecule has 0 spiro atoms. The Labute approximate surface area is 141 Å². The average Bonchev–Trinajstić information content (AvgIpc) is 2.62. The lowest BCUT2D eigenvalue weighted by molar-refractivity contribution is -0.122. The van der Waals surface area contributed by atoms with Gasteiger partial charge in [-0.15, -0.1) is 0 Å². The molecule has 122 valence electrons. The molecule has 4 heteroatoms. The summed E-state index contributed by atoms with van der Waals surface area (Å²) in [6.07, 6.45) is -0.646. The zero-order valence-corrected chi connectivity index (χ0v) is 13.7. The van der Waals surface area contributed by atoms with Gasteiger partial charge in [0.2, 0.25) is 0 Å². The predicted octanol–water partition coefficient (Wildman–Crippen LogP) is 4.25. The molecule has 0 unspecified atom stereocenters. The van der Waals surface area contributed by atoms with E-state index >= 15 is 0 Å². The largest absolute Gasteiger partial charge is 0.493 e. The number of hydrogen-bond acceptors (Lipinski definition) is 3. The maximum atomic E-state index is 12.4. The van der Waals surface area contributed by atoms with Crippen LogP contribution < -0.4 is 14.8 Å². The molecule has 0 aliphatic heterocycles. The van der Waals surface area contributed by atoms with Crippen molar-refractivity contribution >= 4 is 22.4 Å². The van der Waals surface area contributed by atoms with E-state index in [1.807, 2.05) is 54.6 Å². The second kappa shape index (κ2) is 7.04. The summed E-state index contributed by atoms with van der Waals surface area (Å²) >= 11 is 0. The number of amides is 1. The van der Waals surface area contributed by atoms with E-state index in [4.69, 9.17) is 9.47 Å². The zero-order valence-electron chi connectivity index (χ0n) is 13.7. The first-order valence-corrected chi connectivity index (χ1v) is 7.77. The minimum atomic E-state index is -0.646. The maximum Gasteiger partial charge on any atom is 0.265 e. The quantitative estimate of drug-likeness (QED) is 0.764. The minimum Gasteiger partial charge on any atom is -0.493 e. The molecule has 1 N–H and O–H groups in total. The predicted molar refractivity (Wildman–Crippen MR) is 95.7 cm³/mol. The van der Waals surface area contributed by atoms with Crippen LogP contribution in [0.5, 0.6) is 11.5 Å². The first-order valence-electron chi connectivity index (χ1n) is 7.77. The van der Waals surface area contributed by atoms with E-state index in [1.165, 1.54) is 0 Å². The van der Waals surface area contributed by atoms with Crippen LogP contribution >= 0.6 is 0 Å². The number of carbonyl (C=O) groups excluding carboxylic acids is 1. The molecule has 24 heavy (non-hydrogen) atoms. The topological polar surface area (TPSA) is 47.6 Å². The van der Waals surface area contributed by atoms with Gasteiger partial charge in [-0.05, 0) is 42.0 Å². The molecule has 0 aliphatic rings. The summed E-state index contributed by atoms with van der Waals surface area (Å²) in [5.74, 6) is 0.931. The molecule has 1 amide bonds. The van der Waals surface area contributed by atoms with Crippen LogP contribution in [-0.4, -0.2) is 19.1 Å². The first-order chi connectivity index (χ1) is 11.7. The Bertz CT molecular complexity index is 860. The average molecular weight is 321 g/mol. The normalized spacial score (nSPS) is 11.8. The number of anilines is 1.